The number of hydrogen-bond acceptors (Lipinski definition) is 3. The minimum Gasteiger partial charge on any atom is -0.477 e. The Balaban J connectivity index is 1.66. The number of hydrogen-bond donors (Lipinski definition) is 1. The number of aromatic nitrogens is 1. The van der Waals surface area contributed by atoms with Crippen molar-refractivity contribution in [3.8, 4) is 0 Å². The maximum atomic E-state index is 12.7. The van der Waals surface area contributed by atoms with E-state index >= 15 is 0 Å². The molecule has 1 aliphatic heterocycles. The Morgan fingerprint density at radius 3 is 2.57 bits per heavy atom. The number of rotatable bonds is 4. The zero-order valence-electron chi connectivity index (χ0n) is 13.4. The predicted octanol–water partition coefficient (Wildman–Crippen LogP) is 3.35. The van der Waals surface area contributed by atoms with Crippen LogP contribution < -0.4 is 0 Å². The second kappa shape index (κ2) is 7.11. The summed E-state index contributed by atoms with van der Waals surface area (Å²) in [6.45, 7) is 0.802. The highest BCUT2D eigenvalue weighted by Gasteiger charge is 2.31. The number of carboxylic acids is 1. The highest BCUT2D eigenvalue weighted by molar-refractivity contribution is 5.95. The summed E-state index contributed by atoms with van der Waals surface area (Å²) in [6, 6.07) is 3.32. The van der Waals surface area contributed by atoms with E-state index in [2.05, 4.69) is 4.98 Å². The molecule has 0 aromatic carbocycles. The number of pyridine rings is 1. The number of aromatic carboxylic acids is 1. The minimum absolute atomic E-state index is 0.00671. The van der Waals surface area contributed by atoms with E-state index in [1.54, 1.807) is 6.07 Å². The van der Waals surface area contributed by atoms with E-state index in [0.29, 0.717) is 11.6 Å². The van der Waals surface area contributed by atoms with Crippen molar-refractivity contribution in [2.45, 2.75) is 57.4 Å². The molecule has 1 saturated carbocycles. The van der Waals surface area contributed by atoms with E-state index < -0.39 is 5.97 Å². The molecule has 2 aliphatic rings. The topological polar surface area (TPSA) is 70.5 Å². The van der Waals surface area contributed by atoms with Gasteiger partial charge in [0.1, 0.15) is 5.69 Å². The second-order valence-electron chi connectivity index (χ2n) is 6.77. The van der Waals surface area contributed by atoms with Crippen molar-refractivity contribution in [2.75, 3.05) is 6.54 Å². The van der Waals surface area contributed by atoms with Gasteiger partial charge in [0, 0.05) is 18.8 Å². The Morgan fingerprint density at radius 2 is 1.91 bits per heavy atom. The molecular weight excluding hydrogens is 292 g/mol. The Morgan fingerprint density at radius 1 is 1.13 bits per heavy atom. The molecule has 5 nitrogen and oxygen atoms in total. The standard InChI is InChI=1S/C18H24N2O3/c21-17(14-8-9-16(18(22)23)19-12-14)20-10-4-7-15(20)11-13-5-2-1-3-6-13/h8-9,12-13,15H,1-7,10-11H2,(H,22,23). The lowest BCUT2D eigenvalue weighted by Crippen LogP contribution is -2.37. The van der Waals surface area contributed by atoms with Crippen molar-refractivity contribution in [2.24, 2.45) is 5.92 Å². The number of likely N-dealkylation sites (tertiary alicyclic amines) is 1. The molecule has 1 amide bonds. The first-order chi connectivity index (χ1) is 11.1. The smallest absolute Gasteiger partial charge is 0.354 e. The maximum Gasteiger partial charge on any atom is 0.354 e. The molecule has 1 aliphatic carbocycles. The molecule has 0 bridgehead atoms. The fourth-order valence-electron chi connectivity index (χ4n) is 3.97. The van der Waals surface area contributed by atoms with Crippen molar-refractivity contribution < 1.29 is 14.7 Å². The Bertz CT molecular complexity index is 564. The van der Waals surface area contributed by atoms with Gasteiger partial charge in [-0.3, -0.25) is 4.79 Å². The number of amides is 1. The molecule has 2 fully saturated rings. The molecule has 0 radical (unpaired) electrons. The van der Waals surface area contributed by atoms with Crippen LogP contribution in [-0.4, -0.2) is 39.5 Å². The summed E-state index contributed by atoms with van der Waals surface area (Å²) in [5.74, 6) is -0.317. The van der Waals surface area contributed by atoms with Gasteiger partial charge >= 0.3 is 5.97 Å². The first-order valence-electron chi connectivity index (χ1n) is 8.65. The molecule has 1 saturated heterocycles. The molecule has 3 rings (SSSR count). The summed E-state index contributed by atoms with van der Waals surface area (Å²) in [7, 11) is 0. The molecule has 1 N–H and O–H groups in total. The summed E-state index contributed by atoms with van der Waals surface area (Å²) >= 11 is 0. The highest BCUT2D eigenvalue weighted by Crippen LogP contribution is 2.32. The Labute approximate surface area is 136 Å². The predicted molar refractivity (Wildman–Crippen MR) is 86.4 cm³/mol. The lowest BCUT2D eigenvalue weighted by Gasteiger charge is -2.30. The van der Waals surface area contributed by atoms with E-state index in [1.807, 2.05) is 4.90 Å². The summed E-state index contributed by atoms with van der Waals surface area (Å²) in [4.78, 5) is 29.4. The summed E-state index contributed by atoms with van der Waals surface area (Å²) in [5.41, 5.74) is 0.465. The molecule has 2 heterocycles. The first kappa shape index (κ1) is 16.0. The largest absolute Gasteiger partial charge is 0.477 e. The third-order valence-corrected chi connectivity index (χ3v) is 5.20. The van der Waals surface area contributed by atoms with Crippen LogP contribution in [-0.2, 0) is 0 Å². The van der Waals surface area contributed by atoms with Crippen LogP contribution in [0, 0.1) is 5.92 Å². The van der Waals surface area contributed by atoms with Crippen LogP contribution >= 0.6 is 0 Å². The monoisotopic (exact) mass is 316 g/mol. The fraction of sp³-hybridized carbons (Fsp3) is 0.611. The van der Waals surface area contributed by atoms with Crippen LogP contribution in [0.15, 0.2) is 18.3 Å². The number of carbonyl (C=O) groups is 2. The second-order valence-corrected chi connectivity index (χ2v) is 6.77. The molecule has 0 spiro atoms. The zero-order chi connectivity index (χ0) is 16.2. The van der Waals surface area contributed by atoms with Crippen molar-refractivity contribution in [3.05, 3.63) is 29.6 Å². The molecule has 124 valence electrons. The normalized spacial score (nSPS) is 22.3. The summed E-state index contributed by atoms with van der Waals surface area (Å²) in [5, 5.41) is 8.89. The van der Waals surface area contributed by atoms with Gasteiger partial charge in [-0.1, -0.05) is 32.1 Å². The van der Waals surface area contributed by atoms with Crippen molar-refractivity contribution in [1.29, 1.82) is 0 Å². The van der Waals surface area contributed by atoms with Gasteiger partial charge in [-0.15, -0.1) is 0 Å². The van der Waals surface area contributed by atoms with Crippen LogP contribution in [0.4, 0.5) is 0 Å². The van der Waals surface area contributed by atoms with Crippen LogP contribution in [0.3, 0.4) is 0 Å². The van der Waals surface area contributed by atoms with E-state index in [-0.39, 0.29) is 11.6 Å². The maximum absolute atomic E-state index is 12.7. The Kier molecular flexibility index (Phi) is 4.94. The van der Waals surface area contributed by atoms with Gasteiger partial charge < -0.3 is 10.0 Å². The van der Waals surface area contributed by atoms with E-state index in [4.69, 9.17) is 5.11 Å². The van der Waals surface area contributed by atoms with Crippen molar-refractivity contribution in [1.82, 2.24) is 9.88 Å². The van der Waals surface area contributed by atoms with Gasteiger partial charge in [0.2, 0.25) is 0 Å². The molecule has 1 atom stereocenters. The van der Waals surface area contributed by atoms with Gasteiger partial charge in [-0.05, 0) is 37.3 Å². The lowest BCUT2D eigenvalue weighted by molar-refractivity contribution is 0.0682. The van der Waals surface area contributed by atoms with Gasteiger partial charge in [0.05, 0.1) is 5.56 Å². The third-order valence-electron chi connectivity index (χ3n) is 5.20. The van der Waals surface area contributed by atoms with Crippen LogP contribution in [0.1, 0.15) is 72.2 Å². The van der Waals surface area contributed by atoms with Gasteiger partial charge in [0.25, 0.3) is 5.91 Å². The zero-order valence-corrected chi connectivity index (χ0v) is 13.4. The molecule has 5 heteroatoms. The third kappa shape index (κ3) is 3.71. The minimum atomic E-state index is -1.07. The Hall–Kier alpha value is -1.91. The number of carboxylic acid groups (broad SMARTS) is 1. The van der Waals surface area contributed by atoms with Crippen LogP contribution in [0.25, 0.3) is 0 Å². The van der Waals surface area contributed by atoms with E-state index in [0.717, 1.165) is 31.7 Å². The van der Waals surface area contributed by atoms with Crippen LogP contribution in [0.5, 0.6) is 0 Å². The lowest BCUT2D eigenvalue weighted by atomic mass is 9.84. The van der Waals surface area contributed by atoms with Crippen molar-refractivity contribution in [3.63, 3.8) is 0 Å². The number of nitrogens with zero attached hydrogens (tertiary/aromatic N) is 2. The van der Waals surface area contributed by atoms with Gasteiger partial charge in [-0.25, -0.2) is 9.78 Å². The SMILES string of the molecule is O=C(O)c1ccc(C(=O)N2CCCC2CC2CCCCC2)cn1. The molecule has 1 unspecified atom stereocenters. The molecular formula is C18H24N2O3. The van der Waals surface area contributed by atoms with Gasteiger partial charge in [-0.2, -0.15) is 0 Å². The quantitative estimate of drug-likeness (QED) is 0.924. The molecule has 1 aromatic rings. The first-order valence-corrected chi connectivity index (χ1v) is 8.65. The van der Waals surface area contributed by atoms with Gasteiger partial charge in [0.15, 0.2) is 0 Å². The number of carbonyl (C=O) groups excluding carboxylic acids is 1. The summed E-state index contributed by atoms with van der Waals surface area (Å²) < 4.78 is 0. The summed E-state index contributed by atoms with van der Waals surface area (Å²) in [6.07, 6.45) is 11.3. The molecule has 1 aromatic heterocycles. The molecule has 23 heavy (non-hydrogen) atoms. The highest BCUT2D eigenvalue weighted by atomic mass is 16.4. The van der Waals surface area contributed by atoms with Crippen molar-refractivity contribution >= 4 is 11.9 Å². The van der Waals surface area contributed by atoms with E-state index in [1.165, 1.54) is 44.4 Å². The van der Waals surface area contributed by atoms with Crippen LogP contribution in [0.2, 0.25) is 0 Å². The fourth-order valence-corrected chi connectivity index (χ4v) is 3.97. The average molecular weight is 316 g/mol. The van der Waals surface area contributed by atoms with E-state index in [9.17, 15) is 9.59 Å². The average Bonchev–Trinajstić information content (AvgIpc) is 3.03.